The Morgan fingerprint density at radius 1 is 1.08 bits per heavy atom. The van der Waals surface area contributed by atoms with Crippen molar-refractivity contribution >= 4 is 34.2 Å². The molecule has 7 heteroatoms. The second-order valence-electron chi connectivity index (χ2n) is 5.96. The molecule has 2 aromatic carbocycles. The Bertz CT molecular complexity index is 876. The third kappa shape index (κ3) is 2.48. The van der Waals surface area contributed by atoms with E-state index in [0.717, 1.165) is 21.5 Å². The van der Waals surface area contributed by atoms with Crippen molar-refractivity contribution in [3.8, 4) is 0 Å². The molecule has 124 valence electrons. The van der Waals surface area contributed by atoms with E-state index >= 15 is 0 Å². The van der Waals surface area contributed by atoms with E-state index in [-0.39, 0.29) is 11.1 Å². The molecule has 0 spiro atoms. The zero-order chi connectivity index (χ0) is 17.6. The minimum absolute atomic E-state index is 0.272. The van der Waals surface area contributed by atoms with Gasteiger partial charge in [0.25, 0.3) is 11.8 Å². The first kappa shape index (κ1) is 15.9. The Balaban J connectivity index is 2.04. The highest BCUT2D eigenvalue weighted by atomic mass is 16.4. The molecule has 3 rings (SSSR count). The second-order valence-corrected chi connectivity index (χ2v) is 5.96. The third-order valence-corrected chi connectivity index (χ3v) is 4.04. The highest BCUT2D eigenvalue weighted by Crippen LogP contribution is 2.29. The van der Waals surface area contributed by atoms with E-state index in [2.05, 4.69) is 5.43 Å². The van der Waals surface area contributed by atoms with E-state index in [1.807, 2.05) is 37.2 Å². The number of hydrogen-bond donors (Lipinski definition) is 2. The lowest BCUT2D eigenvalue weighted by molar-refractivity contribution is -0.139. The number of amides is 2. The standard InChI is InChI=1S/C17H17N3O4/c1-9(17(23)24)18-20-15(21)13-7-10-4-5-12(19(2)3)6-11(10)8-14(13)16(20)22/h4-9,18H,1-3H3,(H,23,24)/t9-/m0/s1. The number of aliphatic carboxylic acids is 1. The molecule has 1 aliphatic rings. The number of hydrazine groups is 1. The van der Waals surface area contributed by atoms with Gasteiger partial charge in [-0.25, -0.2) is 10.4 Å². The number of nitrogens with zero attached hydrogens (tertiary/aromatic N) is 2. The van der Waals surface area contributed by atoms with Crippen LogP contribution in [0.5, 0.6) is 0 Å². The number of imide groups is 1. The number of carbonyl (C=O) groups excluding carboxylic acids is 2. The molecule has 7 nitrogen and oxygen atoms in total. The van der Waals surface area contributed by atoms with Crippen LogP contribution in [0.15, 0.2) is 30.3 Å². The number of anilines is 1. The summed E-state index contributed by atoms with van der Waals surface area (Å²) >= 11 is 0. The normalized spacial score (nSPS) is 14.9. The Morgan fingerprint density at radius 3 is 2.21 bits per heavy atom. The van der Waals surface area contributed by atoms with Gasteiger partial charge in [-0.1, -0.05) is 6.07 Å². The van der Waals surface area contributed by atoms with Gasteiger partial charge in [-0.15, -0.1) is 0 Å². The Hall–Kier alpha value is -2.93. The van der Waals surface area contributed by atoms with Crippen molar-refractivity contribution in [3.63, 3.8) is 0 Å². The lowest BCUT2D eigenvalue weighted by Crippen LogP contribution is -2.49. The van der Waals surface area contributed by atoms with Crippen LogP contribution < -0.4 is 10.3 Å². The predicted molar refractivity (Wildman–Crippen MR) is 89.0 cm³/mol. The zero-order valence-electron chi connectivity index (χ0n) is 13.5. The van der Waals surface area contributed by atoms with Crippen LogP contribution in [-0.2, 0) is 4.79 Å². The van der Waals surface area contributed by atoms with Crippen LogP contribution in [0.25, 0.3) is 10.8 Å². The zero-order valence-corrected chi connectivity index (χ0v) is 13.5. The Kier molecular flexibility index (Phi) is 3.73. The maximum absolute atomic E-state index is 12.5. The molecule has 2 N–H and O–H groups in total. The molecule has 0 unspecified atom stereocenters. The van der Waals surface area contributed by atoms with Crippen LogP contribution in [0, 0.1) is 0 Å². The number of carboxylic acids is 1. The Labute approximate surface area is 138 Å². The van der Waals surface area contributed by atoms with Crippen molar-refractivity contribution in [1.29, 1.82) is 0 Å². The van der Waals surface area contributed by atoms with Gasteiger partial charge in [0.2, 0.25) is 0 Å². The molecule has 2 amide bonds. The van der Waals surface area contributed by atoms with Crippen LogP contribution >= 0.6 is 0 Å². The number of benzene rings is 2. The van der Waals surface area contributed by atoms with Gasteiger partial charge in [-0.3, -0.25) is 14.4 Å². The first-order chi connectivity index (χ1) is 11.3. The quantitative estimate of drug-likeness (QED) is 0.827. The van der Waals surface area contributed by atoms with Crippen LogP contribution in [0.3, 0.4) is 0 Å². The summed E-state index contributed by atoms with van der Waals surface area (Å²) in [4.78, 5) is 37.8. The predicted octanol–water partition coefficient (Wildman–Crippen LogP) is 1.48. The number of fused-ring (bicyclic) bond motifs is 2. The summed E-state index contributed by atoms with van der Waals surface area (Å²) in [5, 5.41) is 11.4. The molecule has 0 bridgehead atoms. The van der Waals surface area contributed by atoms with Crippen LogP contribution in [0.4, 0.5) is 5.69 Å². The molecular formula is C17H17N3O4. The smallest absolute Gasteiger partial charge is 0.322 e. The van der Waals surface area contributed by atoms with Gasteiger partial charge in [-0.05, 0) is 42.0 Å². The minimum Gasteiger partial charge on any atom is -0.480 e. The molecule has 1 heterocycles. The molecule has 1 aliphatic heterocycles. The number of nitrogens with one attached hydrogen (secondary N) is 1. The van der Waals surface area contributed by atoms with Gasteiger partial charge >= 0.3 is 5.97 Å². The van der Waals surface area contributed by atoms with Crippen LogP contribution in [0.1, 0.15) is 27.6 Å². The van der Waals surface area contributed by atoms with Gasteiger partial charge in [-0.2, -0.15) is 0 Å². The monoisotopic (exact) mass is 327 g/mol. The molecule has 0 radical (unpaired) electrons. The average Bonchev–Trinajstić information content (AvgIpc) is 2.76. The van der Waals surface area contributed by atoms with Crippen molar-refractivity contribution in [1.82, 2.24) is 10.4 Å². The van der Waals surface area contributed by atoms with Gasteiger partial charge in [0.05, 0.1) is 11.1 Å². The van der Waals surface area contributed by atoms with E-state index < -0.39 is 23.8 Å². The van der Waals surface area contributed by atoms with Crippen LogP contribution in [0.2, 0.25) is 0 Å². The van der Waals surface area contributed by atoms with Gasteiger partial charge < -0.3 is 10.0 Å². The summed E-state index contributed by atoms with van der Waals surface area (Å²) in [5.74, 6) is -2.23. The summed E-state index contributed by atoms with van der Waals surface area (Å²) < 4.78 is 0. The molecular weight excluding hydrogens is 310 g/mol. The van der Waals surface area contributed by atoms with Crippen molar-refractivity contribution in [2.45, 2.75) is 13.0 Å². The van der Waals surface area contributed by atoms with Gasteiger partial charge in [0, 0.05) is 19.8 Å². The van der Waals surface area contributed by atoms with E-state index in [1.165, 1.54) is 6.92 Å². The first-order valence-electron chi connectivity index (χ1n) is 7.42. The second kappa shape index (κ2) is 5.61. The highest BCUT2D eigenvalue weighted by molar-refractivity contribution is 6.23. The topological polar surface area (TPSA) is 90.0 Å². The van der Waals surface area contributed by atoms with E-state index in [1.54, 1.807) is 12.1 Å². The molecule has 0 aromatic heterocycles. The van der Waals surface area contributed by atoms with E-state index in [4.69, 9.17) is 5.11 Å². The van der Waals surface area contributed by atoms with Crippen molar-refractivity contribution < 1.29 is 19.5 Å². The number of hydrogen-bond acceptors (Lipinski definition) is 5. The molecule has 0 aliphatic carbocycles. The minimum atomic E-state index is -1.15. The number of rotatable bonds is 4. The lowest BCUT2D eigenvalue weighted by atomic mass is 10.0. The molecule has 0 fully saturated rings. The molecule has 0 saturated carbocycles. The van der Waals surface area contributed by atoms with Gasteiger partial charge in [0.1, 0.15) is 6.04 Å². The summed E-state index contributed by atoms with van der Waals surface area (Å²) in [7, 11) is 3.84. The van der Waals surface area contributed by atoms with Crippen molar-refractivity contribution in [2.75, 3.05) is 19.0 Å². The lowest BCUT2D eigenvalue weighted by Gasteiger charge is -2.17. The van der Waals surface area contributed by atoms with Crippen molar-refractivity contribution in [2.24, 2.45) is 0 Å². The fourth-order valence-corrected chi connectivity index (χ4v) is 2.62. The van der Waals surface area contributed by atoms with Crippen molar-refractivity contribution in [3.05, 3.63) is 41.5 Å². The summed E-state index contributed by atoms with van der Waals surface area (Å²) in [6.07, 6.45) is 0. The SMILES string of the molecule is C[C@H](NN1C(=O)c2cc3ccc(N(C)C)cc3cc2C1=O)C(=O)O. The van der Waals surface area contributed by atoms with Gasteiger partial charge in [0.15, 0.2) is 0 Å². The number of carbonyl (C=O) groups is 3. The molecule has 0 saturated heterocycles. The fraction of sp³-hybridized carbons (Fsp3) is 0.235. The summed E-state index contributed by atoms with van der Waals surface area (Å²) in [5.41, 5.74) is 3.96. The molecule has 24 heavy (non-hydrogen) atoms. The third-order valence-electron chi connectivity index (χ3n) is 4.04. The summed E-state index contributed by atoms with van der Waals surface area (Å²) in [6.45, 7) is 1.37. The maximum atomic E-state index is 12.5. The molecule has 1 atom stereocenters. The molecule has 2 aromatic rings. The fourth-order valence-electron chi connectivity index (χ4n) is 2.62. The van der Waals surface area contributed by atoms with E-state index in [0.29, 0.717) is 0 Å². The Morgan fingerprint density at radius 2 is 1.67 bits per heavy atom. The van der Waals surface area contributed by atoms with Crippen LogP contribution in [-0.4, -0.2) is 48.0 Å². The largest absolute Gasteiger partial charge is 0.480 e. The maximum Gasteiger partial charge on any atom is 0.322 e. The summed E-state index contributed by atoms with van der Waals surface area (Å²) in [6, 6.07) is 8.03. The average molecular weight is 327 g/mol. The van der Waals surface area contributed by atoms with E-state index in [9.17, 15) is 14.4 Å². The first-order valence-corrected chi connectivity index (χ1v) is 7.42. The number of carboxylic acid groups (broad SMARTS) is 1. The highest BCUT2D eigenvalue weighted by Gasteiger charge is 2.37.